The summed E-state index contributed by atoms with van der Waals surface area (Å²) in [5.41, 5.74) is -1.28. The van der Waals surface area contributed by atoms with Crippen LogP contribution in [0.3, 0.4) is 0 Å². The molecule has 0 radical (unpaired) electrons. The Hall–Kier alpha value is -2.05. The lowest BCUT2D eigenvalue weighted by Crippen LogP contribution is -2.58. The molecule has 1 aliphatic heterocycles. The molecule has 1 heterocycles. The molecular weight excluding hydrogens is 384 g/mol. The van der Waals surface area contributed by atoms with Crippen LogP contribution in [0.2, 0.25) is 0 Å². The highest BCUT2D eigenvalue weighted by molar-refractivity contribution is 5.90. The maximum absolute atomic E-state index is 13.6. The molecule has 2 saturated carbocycles. The molecular formula is C23H34N2O5. The van der Waals surface area contributed by atoms with Gasteiger partial charge in [-0.1, -0.05) is 32.9 Å². The Morgan fingerprint density at radius 2 is 1.63 bits per heavy atom. The SMILES string of the molecule is CC(C)(C)OC(=O)N[C@H](C(=O)N1C[C@@H]2[C@@H]3C=C[C@@H]([C@H]4C[C@@H]34)[C@@H]2[C@H]1C(=O)O)C(C)(C)C. The highest BCUT2D eigenvalue weighted by Crippen LogP contribution is 2.66. The van der Waals surface area contributed by atoms with Crippen molar-refractivity contribution in [2.75, 3.05) is 6.54 Å². The van der Waals surface area contributed by atoms with Gasteiger partial charge in [-0.15, -0.1) is 0 Å². The normalized spacial score (nSPS) is 37.3. The second-order valence-electron chi connectivity index (χ2n) is 11.6. The Balaban J connectivity index is 1.58. The first-order valence-corrected chi connectivity index (χ1v) is 11.0. The summed E-state index contributed by atoms with van der Waals surface area (Å²) in [4.78, 5) is 39.9. The number of likely N-dealkylation sites (tertiary alicyclic amines) is 1. The topological polar surface area (TPSA) is 95.9 Å². The predicted octanol–water partition coefficient (Wildman–Crippen LogP) is 2.91. The van der Waals surface area contributed by atoms with E-state index < -0.39 is 35.2 Å². The molecule has 0 aromatic rings. The minimum absolute atomic E-state index is 0.0349. The number of carboxylic acid groups (broad SMARTS) is 1. The van der Waals surface area contributed by atoms with Gasteiger partial charge in [0, 0.05) is 12.5 Å². The molecule has 7 nitrogen and oxygen atoms in total. The number of rotatable bonds is 3. The number of hydrogen-bond acceptors (Lipinski definition) is 4. The van der Waals surface area contributed by atoms with E-state index in [1.165, 1.54) is 11.3 Å². The fourth-order valence-corrected chi connectivity index (χ4v) is 6.08. The summed E-state index contributed by atoms with van der Waals surface area (Å²) in [7, 11) is 0. The molecule has 2 N–H and O–H groups in total. The van der Waals surface area contributed by atoms with Crippen LogP contribution in [0.1, 0.15) is 48.0 Å². The van der Waals surface area contributed by atoms with Crippen LogP contribution < -0.4 is 5.32 Å². The van der Waals surface area contributed by atoms with E-state index in [0.29, 0.717) is 24.3 Å². The van der Waals surface area contributed by atoms with Crippen LogP contribution in [-0.4, -0.2) is 52.2 Å². The number of aliphatic carboxylic acids is 1. The van der Waals surface area contributed by atoms with Crippen LogP contribution in [0.5, 0.6) is 0 Å². The van der Waals surface area contributed by atoms with Crippen LogP contribution in [0.4, 0.5) is 4.79 Å². The van der Waals surface area contributed by atoms with Crippen molar-refractivity contribution in [2.45, 2.75) is 65.6 Å². The quantitative estimate of drug-likeness (QED) is 0.687. The zero-order chi connectivity index (χ0) is 22.2. The zero-order valence-corrected chi connectivity index (χ0v) is 18.7. The molecule has 5 rings (SSSR count). The summed E-state index contributed by atoms with van der Waals surface area (Å²) in [6.07, 6.45) is 4.97. The highest BCUT2D eigenvalue weighted by atomic mass is 16.6. The molecule has 8 atom stereocenters. The Kier molecular flexibility index (Phi) is 4.75. The molecule has 0 aromatic heterocycles. The minimum Gasteiger partial charge on any atom is -0.480 e. The molecule has 0 aromatic carbocycles. The van der Waals surface area contributed by atoms with Crippen LogP contribution in [-0.2, 0) is 14.3 Å². The molecule has 5 aliphatic rings. The van der Waals surface area contributed by atoms with E-state index in [1.807, 2.05) is 20.8 Å². The van der Waals surface area contributed by atoms with E-state index in [1.54, 1.807) is 20.8 Å². The summed E-state index contributed by atoms with van der Waals surface area (Å²) in [6.45, 7) is 11.3. The molecule has 1 saturated heterocycles. The minimum atomic E-state index is -0.945. The summed E-state index contributed by atoms with van der Waals surface area (Å²) in [5, 5.41) is 12.8. The molecule has 2 amide bonds. The molecule has 0 spiro atoms. The molecule has 2 bridgehead atoms. The summed E-state index contributed by atoms with van der Waals surface area (Å²) in [6, 6.07) is -1.71. The van der Waals surface area contributed by atoms with Crippen molar-refractivity contribution in [3.8, 4) is 0 Å². The molecule has 7 heteroatoms. The summed E-state index contributed by atoms with van der Waals surface area (Å²) < 4.78 is 5.36. The van der Waals surface area contributed by atoms with E-state index in [0.717, 1.165) is 0 Å². The second-order valence-corrected chi connectivity index (χ2v) is 11.6. The number of hydrogen-bond donors (Lipinski definition) is 2. The fourth-order valence-electron chi connectivity index (χ4n) is 6.08. The third-order valence-electron chi connectivity index (χ3n) is 7.29. The number of carboxylic acids is 1. The van der Waals surface area contributed by atoms with Crippen molar-refractivity contribution in [3.05, 3.63) is 12.2 Å². The Morgan fingerprint density at radius 1 is 1.03 bits per heavy atom. The van der Waals surface area contributed by atoms with Crippen molar-refractivity contribution in [2.24, 2.45) is 40.9 Å². The number of alkyl carbamates (subject to hydrolysis) is 1. The van der Waals surface area contributed by atoms with E-state index in [-0.39, 0.29) is 23.7 Å². The smallest absolute Gasteiger partial charge is 0.408 e. The predicted molar refractivity (Wildman–Crippen MR) is 110 cm³/mol. The average molecular weight is 419 g/mol. The van der Waals surface area contributed by atoms with Crippen LogP contribution in [0.15, 0.2) is 12.2 Å². The third kappa shape index (κ3) is 3.50. The van der Waals surface area contributed by atoms with Crippen molar-refractivity contribution in [1.82, 2.24) is 10.2 Å². The van der Waals surface area contributed by atoms with Gasteiger partial charge in [0.15, 0.2) is 0 Å². The zero-order valence-electron chi connectivity index (χ0n) is 18.7. The van der Waals surface area contributed by atoms with Gasteiger partial charge in [-0.25, -0.2) is 9.59 Å². The van der Waals surface area contributed by atoms with E-state index in [4.69, 9.17) is 4.74 Å². The Labute approximate surface area is 178 Å². The number of carbonyl (C=O) groups excluding carboxylic acids is 2. The second kappa shape index (κ2) is 6.72. The van der Waals surface area contributed by atoms with Gasteiger partial charge in [0.25, 0.3) is 0 Å². The van der Waals surface area contributed by atoms with Crippen molar-refractivity contribution in [3.63, 3.8) is 0 Å². The maximum atomic E-state index is 13.6. The molecule has 30 heavy (non-hydrogen) atoms. The van der Waals surface area contributed by atoms with Gasteiger partial charge in [0.2, 0.25) is 5.91 Å². The van der Waals surface area contributed by atoms with Crippen molar-refractivity contribution in [1.29, 1.82) is 0 Å². The number of carbonyl (C=O) groups is 3. The number of ether oxygens (including phenoxy) is 1. The largest absolute Gasteiger partial charge is 0.480 e. The fraction of sp³-hybridized carbons (Fsp3) is 0.783. The third-order valence-corrected chi connectivity index (χ3v) is 7.29. The standard InChI is InChI=1S/C23H34N2O5/c1-22(2,3)18(24-21(29)30-23(4,5)6)19(26)25-10-15-11-7-8-12(14-9-13(11)14)16(15)17(25)20(27)28/h7-8,11-18H,9-10H2,1-6H3,(H,24,29)(H,27,28)/t11-,12+,13+,14-,15-,16+,17+,18-/m1/s1. The molecule has 166 valence electrons. The van der Waals surface area contributed by atoms with Crippen LogP contribution >= 0.6 is 0 Å². The number of amides is 2. The van der Waals surface area contributed by atoms with Gasteiger partial charge in [0.05, 0.1) is 0 Å². The van der Waals surface area contributed by atoms with Crippen molar-refractivity contribution < 1.29 is 24.2 Å². The van der Waals surface area contributed by atoms with Gasteiger partial charge < -0.3 is 20.1 Å². The first-order chi connectivity index (χ1) is 13.8. The average Bonchev–Trinajstić information content (AvgIpc) is 3.30. The first kappa shape index (κ1) is 21.2. The van der Waals surface area contributed by atoms with E-state index in [9.17, 15) is 19.5 Å². The van der Waals surface area contributed by atoms with Gasteiger partial charge in [-0.05, 0) is 62.2 Å². The molecule has 3 fully saturated rings. The van der Waals surface area contributed by atoms with Gasteiger partial charge in [-0.2, -0.15) is 0 Å². The van der Waals surface area contributed by atoms with Crippen LogP contribution in [0, 0.1) is 40.9 Å². The lowest BCUT2D eigenvalue weighted by Gasteiger charge is -2.41. The Morgan fingerprint density at radius 3 is 2.20 bits per heavy atom. The van der Waals surface area contributed by atoms with E-state index >= 15 is 0 Å². The van der Waals surface area contributed by atoms with Gasteiger partial charge in [0.1, 0.15) is 17.7 Å². The summed E-state index contributed by atoms with van der Waals surface area (Å²) in [5.74, 6) is 0.735. The number of allylic oxidation sites excluding steroid dienone is 2. The molecule has 4 aliphatic carbocycles. The Bertz CT molecular complexity index is 792. The van der Waals surface area contributed by atoms with Crippen LogP contribution in [0.25, 0.3) is 0 Å². The highest BCUT2D eigenvalue weighted by Gasteiger charge is 2.66. The van der Waals surface area contributed by atoms with Gasteiger partial charge >= 0.3 is 12.1 Å². The van der Waals surface area contributed by atoms with Gasteiger partial charge in [-0.3, -0.25) is 4.79 Å². The maximum Gasteiger partial charge on any atom is 0.408 e. The number of nitrogens with one attached hydrogen (secondary N) is 1. The van der Waals surface area contributed by atoms with Crippen molar-refractivity contribution >= 4 is 18.0 Å². The lowest BCUT2D eigenvalue weighted by atomic mass is 9.62. The number of nitrogens with zero attached hydrogens (tertiary/aromatic N) is 1. The lowest BCUT2D eigenvalue weighted by molar-refractivity contribution is -0.152. The monoisotopic (exact) mass is 418 g/mol. The summed E-state index contributed by atoms with van der Waals surface area (Å²) >= 11 is 0. The van der Waals surface area contributed by atoms with E-state index in [2.05, 4.69) is 17.5 Å². The molecule has 0 unspecified atom stereocenters. The first-order valence-electron chi connectivity index (χ1n) is 11.0.